The third-order valence-electron chi connectivity index (χ3n) is 3.07. The van der Waals surface area contributed by atoms with Gasteiger partial charge in [0.1, 0.15) is 5.69 Å². The highest BCUT2D eigenvalue weighted by atomic mass is 16.5. The summed E-state index contributed by atoms with van der Waals surface area (Å²) >= 11 is 0. The van der Waals surface area contributed by atoms with Gasteiger partial charge >= 0.3 is 0 Å². The lowest BCUT2D eigenvalue weighted by Crippen LogP contribution is -2.43. The van der Waals surface area contributed by atoms with Crippen LogP contribution in [0.15, 0.2) is 12.4 Å². The van der Waals surface area contributed by atoms with E-state index in [-0.39, 0.29) is 12.0 Å². The number of nitrogens with zero attached hydrogens (tertiary/aromatic N) is 3. The molecule has 1 atom stereocenters. The largest absolute Gasteiger partial charge is 0.377 e. The number of nitrogens with two attached hydrogens (primary N) is 1. The first-order chi connectivity index (χ1) is 9.24. The second-order valence-corrected chi connectivity index (χ2v) is 4.40. The van der Waals surface area contributed by atoms with Gasteiger partial charge in [-0.05, 0) is 19.8 Å². The van der Waals surface area contributed by atoms with Gasteiger partial charge in [0.15, 0.2) is 5.82 Å². The fraction of sp³-hybridized carbons (Fsp3) is 0.583. The summed E-state index contributed by atoms with van der Waals surface area (Å²) in [5.74, 6) is 5.51. The van der Waals surface area contributed by atoms with Gasteiger partial charge in [0.2, 0.25) is 0 Å². The summed E-state index contributed by atoms with van der Waals surface area (Å²) in [6, 6.07) is 0. The molecule has 19 heavy (non-hydrogen) atoms. The summed E-state index contributed by atoms with van der Waals surface area (Å²) in [5.41, 5.74) is 2.68. The van der Waals surface area contributed by atoms with Crippen LogP contribution in [0.2, 0.25) is 0 Å². The highest BCUT2D eigenvalue weighted by Gasteiger charge is 2.25. The van der Waals surface area contributed by atoms with Crippen LogP contribution in [0.1, 0.15) is 30.3 Å². The Hall–Kier alpha value is -1.73. The maximum absolute atomic E-state index is 12.3. The minimum absolute atomic E-state index is 0.117. The Morgan fingerprint density at radius 2 is 2.47 bits per heavy atom. The van der Waals surface area contributed by atoms with E-state index in [1.807, 2.05) is 6.92 Å². The fourth-order valence-corrected chi connectivity index (χ4v) is 2.19. The summed E-state index contributed by atoms with van der Waals surface area (Å²) in [6.45, 7) is 3.96. The molecule has 7 nitrogen and oxygen atoms in total. The highest BCUT2D eigenvalue weighted by Crippen LogP contribution is 2.15. The van der Waals surface area contributed by atoms with Crippen LogP contribution in [-0.2, 0) is 4.74 Å². The Morgan fingerprint density at radius 3 is 3.21 bits per heavy atom. The van der Waals surface area contributed by atoms with Crippen molar-refractivity contribution in [2.75, 3.05) is 25.1 Å². The van der Waals surface area contributed by atoms with Gasteiger partial charge in [0.05, 0.1) is 18.5 Å². The molecule has 0 bridgehead atoms. The summed E-state index contributed by atoms with van der Waals surface area (Å²) in [5, 5.41) is 0. The van der Waals surface area contributed by atoms with Crippen LogP contribution < -0.4 is 11.3 Å². The molecule has 0 aliphatic carbocycles. The maximum atomic E-state index is 12.3. The van der Waals surface area contributed by atoms with Gasteiger partial charge in [-0.2, -0.15) is 0 Å². The number of hydrogen-bond acceptors (Lipinski definition) is 6. The lowest BCUT2D eigenvalue weighted by molar-refractivity contribution is 0.00702. The molecule has 1 aliphatic heterocycles. The molecule has 1 saturated heterocycles. The second-order valence-electron chi connectivity index (χ2n) is 4.40. The van der Waals surface area contributed by atoms with Crippen molar-refractivity contribution in [3.63, 3.8) is 0 Å². The molecule has 1 aromatic heterocycles. The Morgan fingerprint density at radius 1 is 1.63 bits per heavy atom. The zero-order valence-corrected chi connectivity index (χ0v) is 11.0. The van der Waals surface area contributed by atoms with Crippen molar-refractivity contribution in [2.24, 2.45) is 5.84 Å². The van der Waals surface area contributed by atoms with Crippen molar-refractivity contribution in [3.8, 4) is 0 Å². The molecule has 2 heterocycles. The molecule has 3 N–H and O–H groups in total. The van der Waals surface area contributed by atoms with Crippen molar-refractivity contribution in [1.29, 1.82) is 0 Å². The van der Waals surface area contributed by atoms with E-state index < -0.39 is 0 Å². The van der Waals surface area contributed by atoms with E-state index in [9.17, 15) is 4.79 Å². The van der Waals surface area contributed by atoms with Crippen LogP contribution in [0, 0.1) is 0 Å². The monoisotopic (exact) mass is 265 g/mol. The third kappa shape index (κ3) is 3.39. The molecule has 1 aliphatic rings. The smallest absolute Gasteiger partial charge is 0.274 e. The molecule has 0 aromatic carbocycles. The number of carbonyl (C=O) groups is 1. The Labute approximate surface area is 112 Å². The van der Waals surface area contributed by atoms with Gasteiger partial charge in [-0.3, -0.25) is 9.78 Å². The van der Waals surface area contributed by atoms with Crippen molar-refractivity contribution in [1.82, 2.24) is 14.9 Å². The third-order valence-corrected chi connectivity index (χ3v) is 3.07. The van der Waals surface area contributed by atoms with Crippen molar-refractivity contribution >= 4 is 11.7 Å². The molecule has 1 amide bonds. The van der Waals surface area contributed by atoms with Crippen molar-refractivity contribution < 1.29 is 9.53 Å². The Balaban J connectivity index is 2.05. The summed E-state index contributed by atoms with van der Waals surface area (Å²) in [4.78, 5) is 22.1. The van der Waals surface area contributed by atoms with Crippen molar-refractivity contribution in [2.45, 2.75) is 25.9 Å². The van der Waals surface area contributed by atoms with Crippen LogP contribution >= 0.6 is 0 Å². The number of anilines is 1. The number of amides is 1. The van der Waals surface area contributed by atoms with Gasteiger partial charge in [-0.15, -0.1) is 0 Å². The molecule has 0 saturated carbocycles. The molecule has 1 aromatic rings. The van der Waals surface area contributed by atoms with Gasteiger partial charge in [0, 0.05) is 19.7 Å². The molecule has 1 fully saturated rings. The van der Waals surface area contributed by atoms with E-state index in [0.29, 0.717) is 24.7 Å². The quantitative estimate of drug-likeness (QED) is 0.604. The number of ether oxygens (including phenoxy) is 1. The summed E-state index contributed by atoms with van der Waals surface area (Å²) in [7, 11) is 0. The van der Waals surface area contributed by atoms with E-state index in [1.165, 1.54) is 12.4 Å². The van der Waals surface area contributed by atoms with Crippen LogP contribution in [0.4, 0.5) is 5.82 Å². The molecule has 104 valence electrons. The number of nitrogen functional groups attached to an aromatic ring is 1. The molecule has 0 radical (unpaired) electrons. The fourth-order valence-electron chi connectivity index (χ4n) is 2.19. The average Bonchev–Trinajstić information content (AvgIpc) is 2.47. The van der Waals surface area contributed by atoms with E-state index in [4.69, 9.17) is 10.6 Å². The predicted octanol–water partition coefficient (Wildman–Crippen LogP) is 0.403. The Bertz CT molecular complexity index is 438. The zero-order valence-electron chi connectivity index (χ0n) is 11.0. The average molecular weight is 265 g/mol. The van der Waals surface area contributed by atoms with E-state index in [2.05, 4.69) is 15.4 Å². The molecule has 2 rings (SSSR count). The SMILES string of the molecule is CCOC1CCCN(C(=O)c2cncc(NN)n2)C1. The first-order valence-corrected chi connectivity index (χ1v) is 6.44. The summed E-state index contributed by atoms with van der Waals surface area (Å²) in [6.07, 6.45) is 4.97. The zero-order chi connectivity index (χ0) is 13.7. The van der Waals surface area contributed by atoms with Gasteiger partial charge < -0.3 is 15.1 Å². The van der Waals surface area contributed by atoms with Crippen LogP contribution in [0.25, 0.3) is 0 Å². The van der Waals surface area contributed by atoms with Gasteiger partial charge in [-0.25, -0.2) is 10.8 Å². The van der Waals surface area contributed by atoms with Gasteiger partial charge in [0.25, 0.3) is 5.91 Å². The molecule has 7 heteroatoms. The number of aromatic nitrogens is 2. The van der Waals surface area contributed by atoms with Crippen LogP contribution in [0.5, 0.6) is 0 Å². The number of piperidine rings is 1. The van der Waals surface area contributed by atoms with E-state index in [0.717, 1.165) is 19.4 Å². The minimum Gasteiger partial charge on any atom is -0.377 e. The highest BCUT2D eigenvalue weighted by molar-refractivity contribution is 5.92. The predicted molar refractivity (Wildman–Crippen MR) is 70.4 cm³/mol. The lowest BCUT2D eigenvalue weighted by atomic mass is 10.1. The number of hydrogen-bond donors (Lipinski definition) is 2. The van der Waals surface area contributed by atoms with Crippen LogP contribution in [-0.4, -0.2) is 46.6 Å². The first-order valence-electron chi connectivity index (χ1n) is 6.44. The lowest BCUT2D eigenvalue weighted by Gasteiger charge is -2.32. The normalized spacial score (nSPS) is 19.3. The minimum atomic E-state index is -0.131. The van der Waals surface area contributed by atoms with E-state index in [1.54, 1.807) is 4.90 Å². The maximum Gasteiger partial charge on any atom is 0.274 e. The molecular formula is C12H19N5O2. The molecule has 0 spiro atoms. The number of hydrazine groups is 1. The van der Waals surface area contributed by atoms with E-state index >= 15 is 0 Å². The first kappa shape index (κ1) is 13.7. The summed E-state index contributed by atoms with van der Waals surface area (Å²) < 4.78 is 5.58. The number of nitrogens with one attached hydrogen (secondary N) is 1. The van der Waals surface area contributed by atoms with Crippen molar-refractivity contribution in [3.05, 3.63) is 18.1 Å². The van der Waals surface area contributed by atoms with Crippen LogP contribution in [0.3, 0.4) is 0 Å². The Kier molecular flexibility index (Phi) is 4.64. The molecular weight excluding hydrogens is 246 g/mol. The topological polar surface area (TPSA) is 93.4 Å². The standard InChI is InChI=1S/C12H19N5O2/c1-2-19-9-4-3-5-17(8-9)12(18)10-6-14-7-11(15-10)16-13/h6-7,9H,2-5,8,13H2,1H3,(H,15,16). The number of rotatable bonds is 4. The second kappa shape index (κ2) is 6.44. The molecule has 1 unspecified atom stereocenters. The number of likely N-dealkylation sites (tertiary alicyclic amines) is 1. The number of carbonyl (C=O) groups excluding carboxylic acids is 1. The van der Waals surface area contributed by atoms with Gasteiger partial charge in [-0.1, -0.05) is 0 Å².